The molecule has 94 valence electrons. The summed E-state index contributed by atoms with van der Waals surface area (Å²) in [4.78, 5) is 10.1. The summed E-state index contributed by atoms with van der Waals surface area (Å²) in [5.74, 6) is 0.699. The molecule has 0 saturated carbocycles. The number of hydrogen-bond acceptors (Lipinski definition) is 4. The van der Waals surface area contributed by atoms with Crippen LogP contribution in [0.15, 0.2) is 48.5 Å². The summed E-state index contributed by atoms with van der Waals surface area (Å²) in [5.41, 5.74) is 1.76. The maximum atomic E-state index is 10.6. The molecular weight excluding hydrogens is 244 g/mol. The Morgan fingerprint density at radius 3 is 2.58 bits per heavy atom. The molecule has 0 aliphatic heterocycles. The molecule has 0 aliphatic rings. The van der Waals surface area contributed by atoms with E-state index in [1.807, 2.05) is 24.3 Å². The lowest BCUT2D eigenvalue weighted by Gasteiger charge is -2.02. The van der Waals surface area contributed by atoms with Gasteiger partial charge in [-0.3, -0.25) is 15.2 Å². The van der Waals surface area contributed by atoms with Crippen LogP contribution in [0.25, 0.3) is 10.9 Å². The highest BCUT2D eigenvalue weighted by molar-refractivity contribution is 5.91. The van der Waals surface area contributed by atoms with E-state index >= 15 is 0 Å². The molecule has 0 saturated heterocycles. The second-order valence-corrected chi connectivity index (χ2v) is 4.05. The van der Waals surface area contributed by atoms with Crippen molar-refractivity contribution in [2.45, 2.75) is 0 Å². The Balaban J connectivity index is 1.90. The Bertz CT molecular complexity index is 734. The van der Waals surface area contributed by atoms with E-state index in [0.29, 0.717) is 5.82 Å². The molecule has 3 aromatic rings. The molecule has 0 radical (unpaired) electrons. The number of non-ortho nitro benzene ring substituents is 1. The lowest BCUT2D eigenvalue weighted by molar-refractivity contribution is -0.384. The summed E-state index contributed by atoms with van der Waals surface area (Å²) in [6.45, 7) is 0. The van der Waals surface area contributed by atoms with Crippen molar-refractivity contribution in [3.63, 3.8) is 0 Å². The summed E-state index contributed by atoms with van der Waals surface area (Å²) in [5, 5.41) is 21.8. The van der Waals surface area contributed by atoms with Gasteiger partial charge in [-0.1, -0.05) is 12.1 Å². The van der Waals surface area contributed by atoms with Crippen LogP contribution < -0.4 is 5.32 Å². The number of nitro groups is 1. The first-order valence-electron chi connectivity index (χ1n) is 5.68. The topological polar surface area (TPSA) is 83.8 Å². The van der Waals surface area contributed by atoms with Crippen LogP contribution in [0.1, 0.15) is 0 Å². The van der Waals surface area contributed by atoms with E-state index in [0.717, 1.165) is 16.6 Å². The quantitative estimate of drug-likeness (QED) is 0.555. The molecule has 0 aliphatic carbocycles. The van der Waals surface area contributed by atoms with E-state index in [9.17, 15) is 10.1 Å². The summed E-state index contributed by atoms with van der Waals surface area (Å²) in [6.07, 6.45) is 0. The van der Waals surface area contributed by atoms with E-state index in [2.05, 4.69) is 15.5 Å². The molecule has 0 spiro atoms. The minimum Gasteiger partial charge on any atom is -0.338 e. The number of nitrogens with zero attached hydrogens (tertiary/aromatic N) is 2. The van der Waals surface area contributed by atoms with Crippen LogP contribution in [0.3, 0.4) is 0 Å². The number of nitro benzene ring substituents is 1. The highest BCUT2D eigenvalue weighted by Crippen LogP contribution is 2.24. The molecule has 19 heavy (non-hydrogen) atoms. The third-order valence-electron chi connectivity index (χ3n) is 2.81. The maximum absolute atomic E-state index is 10.6. The average Bonchev–Trinajstić information content (AvgIpc) is 2.83. The maximum Gasteiger partial charge on any atom is 0.269 e. The molecule has 0 atom stereocenters. The first-order chi connectivity index (χ1) is 9.24. The van der Waals surface area contributed by atoms with Gasteiger partial charge in [0.15, 0.2) is 5.82 Å². The molecule has 0 bridgehead atoms. The molecule has 2 aromatic carbocycles. The van der Waals surface area contributed by atoms with E-state index in [1.54, 1.807) is 12.1 Å². The van der Waals surface area contributed by atoms with E-state index in [-0.39, 0.29) is 5.69 Å². The van der Waals surface area contributed by atoms with Gasteiger partial charge in [0.2, 0.25) is 0 Å². The number of fused-ring (bicyclic) bond motifs is 1. The zero-order valence-corrected chi connectivity index (χ0v) is 9.83. The minimum atomic E-state index is -0.423. The molecule has 2 N–H and O–H groups in total. The van der Waals surface area contributed by atoms with Crippen molar-refractivity contribution in [2.24, 2.45) is 0 Å². The van der Waals surface area contributed by atoms with Crippen molar-refractivity contribution in [3.8, 4) is 0 Å². The number of H-pyrrole nitrogens is 1. The Hall–Kier alpha value is -2.89. The molecule has 3 rings (SSSR count). The van der Waals surface area contributed by atoms with Gasteiger partial charge in [-0.25, -0.2) is 0 Å². The van der Waals surface area contributed by atoms with Crippen LogP contribution >= 0.6 is 0 Å². The third-order valence-corrected chi connectivity index (χ3v) is 2.81. The van der Waals surface area contributed by atoms with Gasteiger partial charge in [-0.05, 0) is 24.3 Å². The second kappa shape index (κ2) is 4.41. The van der Waals surface area contributed by atoms with Gasteiger partial charge in [-0.2, -0.15) is 5.10 Å². The van der Waals surface area contributed by atoms with Crippen molar-refractivity contribution in [1.82, 2.24) is 10.2 Å². The molecule has 6 heteroatoms. The largest absolute Gasteiger partial charge is 0.338 e. The van der Waals surface area contributed by atoms with Crippen LogP contribution in [-0.4, -0.2) is 15.1 Å². The van der Waals surface area contributed by atoms with Gasteiger partial charge in [0.25, 0.3) is 5.69 Å². The Labute approximate surface area is 108 Å². The van der Waals surface area contributed by atoms with Gasteiger partial charge in [0.05, 0.1) is 10.4 Å². The van der Waals surface area contributed by atoms with Crippen molar-refractivity contribution in [2.75, 3.05) is 5.32 Å². The van der Waals surface area contributed by atoms with Gasteiger partial charge in [0.1, 0.15) is 0 Å². The number of nitrogens with one attached hydrogen (secondary N) is 2. The molecule has 6 nitrogen and oxygen atoms in total. The van der Waals surface area contributed by atoms with Gasteiger partial charge < -0.3 is 5.32 Å². The van der Waals surface area contributed by atoms with Crippen LogP contribution in [0.4, 0.5) is 17.2 Å². The molecule has 0 fully saturated rings. The minimum absolute atomic E-state index is 0.0671. The summed E-state index contributed by atoms with van der Waals surface area (Å²) in [6, 6.07) is 14.0. The van der Waals surface area contributed by atoms with Gasteiger partial charge in [-0.15, -0.1) is 0 Å². The highest BCUT2D eigenvalue weighted by atomic mass is 16.6. The fourth-order valence-electron chi connectivity index (χ4n) is 1.86. The van der Waals surface area contributed by atoms with Crippen LogP contribution in [-0.2, 0) is 0 Å². The van der Waals surface area contributed by atoms with Crippen LogP contribution in [0, 0.1) is 10.1 Å². The number of aromatic nitrogens is 2. The number of para-hydroxylation sites is 1. The Morgan fingerprint density at radius 1 is 1.11 bits per heavy atom. The summed E-state index contributed by atoms with van der Waals surface area (Å²) in [7, 11) is 0. The average molecular weight is 254 g/mol. The number of benzene rings is 2. The van der Waals surface area contributed by atoms with Crippen LogP contribution in [0.5, 0.6) is 0 Å². The number of aromatic amines is 1. The molecule has 0 amide bonds. The highest BCUT2D eigenvalue weighted by Gasteiger charge is 2.07. The van der Waals surface area contributed by atoms with E-state index in [1.165, 1.54) is 12.1 Å². The molecular formula is C13H10N4O2. The number of anilines is 2. The SMILES string of the molecule is O=[N+]([O-])c1ccc(Nc2n[nH]c3ccccc23)cc1. The van der Waals surface area contributed by atoms with Gasteiger partial charge in [0, 0.05) is 23.2 Å². The normalized spacial score (nSPS) is 10.5. The van der Waals surface area contributed by atoms with E-state index < -0.39 is 4.92 Å². The van der Waals surface area contributed by atoms with E-state index in [4.69, 9.17) is 0 Å². The van der Waals surface area contributed by atoms with Crippen molar-refractivity contribution < 1.29 is 4.92 Å². The monoisotopic (exact) mass is 254 g/mol. The lowest BCUT2D eigenvalue weighted by atomic mass is 10.2. The first kappa shape index (κ1) is 11.2. The first-order valence-corrected chi connectivity index (χ1v) is 5.68. The molecule has 0 unspecified atom stereocenters. The Morgan fingerprint density at radius 2 is 1.84 bits per heavy atom. The number of rotatable bonds is 3. The van der Waals surface area contributed by atoms with Crippen molar-refractivity contribution in [1.29, 1.82) is 0 Å². The van der Waals surface area contributed by atoms with Crippen molar-refractivity contribution >= 4 is 28.1 Å². The smallest absolute Gasteiger partial charge is 0.269 e. The molecule has 1 aromatic heterocycles. The molecule has 1 heterocycles. The summed E-state index contributed by atoms with van der Waals surface area (Å²) < 4.78 is 0. The predicted molar refractivity (Wildman–Crippen MR) is 72.5 cm³/mol. The fourth-order valence-corrected chi connectivity index (χ4v) is 1.86. The zero-order valence-electron chi connectivity index (χ0n) is 9.83. The zero-order chi connectivity index (χ0) is 13.2. The van der Waals surface area contributed by atoms with Crippen LogP contribution in [0.2, 0.25) is 0 Å². The Kier molecular flexibility index (Phi) is 2.60. The lowest BCUT2D eigenvalue weighted by Crippen LogP contribution is -1.92. The second-order valence-electron chi connectivity index (χ2n) is 4.05. The standard InChI is InChI=1S/C13H10N4O2/c18-17(19)10-7-5-9(6-8-10)14-13-11-3-1-2-4-12(11)15-16-13/h1-8H,(H2,14,15,16). The fraction of sp³-hybridized carbons (Fsp3) is 0. The third kappa shape index (κ3) is 2.11. The summed E-state index contributed by atoms with van der Waals surface area (Å²) >= 11 is 0. The number of hydrogen-bond donors (Lipinski definition) is 2. The predicted octanol–water partition coefficient (Wildman–Crippen LogP) is 3.21. The van der Waals surface area contributed by atoms with Gasteiger partial charge >= 0.3 is 0 Å². The van der Waals surface area contributed by atoms with Crippen molar-refractivity contribution in [3.05, 3.63) is 58.6 Å².